The molecule has 1 aliphatic heterocycles. The molecule has 1 fully saturated rings. The van der Waals surface area contributed by atoms with Gasteiger partial charge < -0.3 is 5.32 Å². The zero-order valence-electron chi connectivity index (χ0n) is 13.0. The Hall–Kier alpha value is -1.35. The molecule has 1 amide bonds. The SMILES string of the molecule is CC(CNC(=O)C1CCCC1)N1CCc2ccccc2C1. The highest BCUT2D eigenvalue weighted by Gasteiger charge is 2.24. The molecule has 0 aromatic heterocycles. The fourth-order valence-electron chi connectivity index (χ4n) is 3.60. The second-order valence-corrected chi connectivity index (χ2v) is 6.56. The Morgan fingerprint density at radius 2 is 2.00 bits per heavy atom. The van der Waals surface area contributed by atoms with Gasteiger partial charge in [-0.2, -0.15) is 0 Å². The van der Waals surface area contributed by atoms with Gasteiger partial charge in [0.1, 0.15) is 0 Å². The largest absolute Gasteiger partial charge is 0.354 e. The van der Waals surface area contributed by atoms with E-state index in [0.717, 1.165) is 38.9 Å². The molecular formula is C18H26N2O. The Kier molecular flexibility index (Phi) is 4.59. The van der Waals surface area contributed by atoms with Crippen molar-refractivity contribution in [2.45, 2.75) is 51.6 Å². The van der Waals surface area contributed by atoms with Gasteiger partial charge in [0, 0.05) is 31.6 Å². The van der Waals surface area contributed by atoms with Crippen molar-refractivity contribution >= 4 is 5.91 Å². The van der Waals surface area contributed by atoms with Crippen molar-refractivity contribution in [3.8, 4) is 0 Å². The van der Waals surface area contributed by atoms with Crippen LogP contribution in [0.1, 0.15) is 43.7 Å². The second kappa shape index (κ2) is 6.61. The Balaban J connectivity index is 1.50. The number of fused-ring (bicyclic) bond motifs is 1. The molecule has 0 saturated heterocycles. The number of nitrogens with one attached hydrogen (secondary N) is 1. The van der Waals surface area contributed by atoms with Crippen LogP contribution in [0.3, 0.4) is 0 Å². The number of rotatable bonds is 4. The van der Waals surface area contributed by atoms with E-state index >= 15 is 0 Å². The van der Waals surface area contributed by atoms with Crippen LogP contribution >= 0.6 is 0 Å². The van der Waals surface area contributed by atoms with E-state index < -0.39 is 0 Å². The smallest absolute Gasteiger partial charge is 0.223 e. The fourth-order valence-corrected chi connectivity index (χ4v) is 3.60. The van der Waals surface area contributed by atoms with Gasteiger partial charge in [0.25, 0.3) is 0 Å². The van der Waals surface area contributed by atoms with Gasteiger partial charge in [-0.25, -0.2) is 0 Å². The third-order valence-corrected chi connectivity index (χ3v) is 5.08. The summed E-state index contributed by atoms with van der Waals surface area (Å²) >= 11 is 0. The number of amides is 1. The molecule has 1 aromatic rings. The van der Waals surface area contributed by atoms with E-state index in [1.165, 1.54) is 24.0 Å². The van der Waals surface area contributed by atoms with Crippen LogP contribution in [-0.4, -0.2) is 29.9 Å². The monoisotopic (exact) mass is 286 g/mol. The first kappa shape index (κ1) is 14.6. The van der Waals surface area contributed by atoms with Gasteiger partial charge in [0.05, 0.1) is 0 Å². The van der Waals surface area contributed by atoms with Crippen LogP contribution in [0.5, 0.6) is 0 Å². The van der Waals surface area contributed by atoms with E-state index in [0.29, 0.717) is 6.04 Å². The molecule has 1 atom stereocenters. The molecule has 0 radical (unpaired) electrons. The molecule has 1 aliphatic carbocycles. The summed E-state index contributed by atoms with van der Waals surface area (Å²) in [5.74, 6) is 0.552. The summed E-state index contributed by atoms with van der Waals surface area (Å²) in [6, 6.07) is 9.11. The molecule has 0 bridgehead atoms. The summed E-state index contributed by atoms with van der Waals surface area (Å²) in [7, 11) is 0. The molecule has 3 rings (SSSR count). The Labute approximate surface area is 127 Å². The number of hydrogen-bond donors (Lipinski definition) is 1. The minimum atomic E-state index is 0.275. The van der Waals surface area contributed by atoms with Crippen LogP contribution < -0.4 is 5.32 Å². The molecule has 2 aliphatic rings. The lowest BCUT2D eigenvalue weighted by Gasteiger charge is -2.34. The van der Waals surface area contributed by atoms with Gasteiger partial charge in [0.15, 0.2) is 0 Å². The predicted octanol–water partition coefficient (Wildman–Crippen LogP) is 2.74. The van der Waals surface area contributed by atoms with Gasteiger partial charge >= 0.3 is 0 Å². The van der Waals surface area contributed by atoms with Crippen LogP contribution in [0.25, 0.3) is 0 Å². The average Bonchev–Trinajstić information content (AvgIpc) is 3.06. The van der Waals surface area contributed by atoms with Crippen LogP contribution in [0.15, 0.2) is 24.3 Å². The molecule has 1 N–H and O–H groups in total. The normalized spacial score (nSPS) is 21.0. The second-order valence-electron chi connectivity index (χ2n) is 6.56. The van der Waals surface area contributed by atoms with Gasteiger partial charge in [0.2, 0.25) is 5.91 Å². The topological polar surface area (TPSA) is 32.3 Å². The molecule has 3 heteroatoms. The summed E-state index contributed by atoms with van der Waals surface area (Å²) in [5.41, 5.74) is 2.92. The van der Waals surface area contributed by atoms with E-state index in [-0.39, 0.29) is 11.8 Å². The zero-order chi connectivity index (χ0) is 14.7. The van der Waals surface area contributed by atoms with Crippen molar-refractivity contribution in [2.75, 3.05) is 13.1 Å². The standard InChI is InChI=1S/C18H26N2O/c1-14(12-19-18(21)16-7-3-4-8-16)20-11-10-15-6-2-5-9-17(15)13-20/h2,5-6,9,14,16H,3-4,7-8,10-13H2,1H3,(H,19,21). The van der Waals surface area contributed by atoms with Gasteiger partial charge in [-0.05, 0) is 37.3 Å². The van der Waals surface area contributed by atoms with Crippen LogP contribution in [-0.2, 0) is 17.8 Å². The lowest BCUT2D eigenvalue weighted by molar-refractivity contribution is -0.125. The maximum atomic E-state index is 12.1. The van der Waals surface area contributed by atoms with Crippen molar-refractivity contribution < 1.29 is 4.79 Å². The van der Waals surface area contributed by atoms with Crippen LogP contribution in [0, 0.1) is 5.92 Å². The van der Waals surface area contributed by atoms with E-state index in [1.54, 1.807) is 0 Å². The van der Waals surface area contributed by atoms with Crippen LogP contribution in [0.2, 0.25) is 0 Å². The molecule has 1 heterocycles. The van der Waals surface area contributed by atoms with E-state index in [4.69, 9.17) is 0 Å². The highest BCUT2D eigenvalue weighted by molar-refractivity contribution is 5.78. The van der Waals surface area contributed by atoms with Gasteiger partial charge in [-0.1, -0.05) is 37.1 Å². The van der Waals surface area contributed by atoms with Crippen molar-refractivity contribution in [2.24, 2.45) is 5.92 Å². The third kappa shape index (κ3) is 3.46. The summed E-state index contributed by atoms with van der Waals surface area (Å²) in [6.07, 6.45) is 5.72. The van der Waals surface area contributed by atoms with Gasteiger partial charge in [-0.3, -0.25) is 9.69 Å². The van der Waals surface area contributed by atoms with E-state index in [9.17, 15) is 4.79 Å². The highest BCUT2D eigenvalue weighted by Crippen LogP contribution is 2.25. The Bertz CT molecular complexity index is 494. The molecule has 1 saturated carbocycles. The first-order valence-electron chi connectivity index (χ1n) is 8.32. The van der Waals surface area contributed by atoms with Crippen LogP contribution in [0.4, 0.5) is 0 Å². The van der Waals surface area contributed by atoms with E-state index in [1.807, 2.05) is 0 Å². The van der Waals surface area contributed by atoms with Crippen molar-refractivity contribution in [1.29, 1.82) is 0 Å². The number of benzene rings is 1. The first-order valence-corrected chi connectivity index (χ1v) is 8.32. The fraction of sp³-hybridized carbons (Fsp3) is 0.611. The molecule has 1 unspecified atom stereocenters. The first-order chi connectivity index (χ1) is 10.2. The van der Waals surface area contributed by atoms with Gasteiger partial charge in [-0.15, -0.1) is 0 Å². The summed E-state index contributed by atoms with van der Waals surface area (Å²) < 4.78 is 0. The average molecular weight is 286 g/mol. The minimum absolute atomic E-state index is 0.275. The molecule has 3 nitrogen and oxygen atoms in total. The highest BCUT2D eigenvalue weighted by atomic mass is 16.1. The lowest BCUT2D eigenvalue weighted by atomic mass is 9.99. The third-order valence-electron chi connectivity index (χ3n) is 5.08. The summed E-state index contributed by atoms with van der Waals surface area (Å²) in [4.78, 5) is 14.6. The van der Waals surface area contributed by atoms with Crippen molar-refractivity contribution in [1.82, 2.24) is 10.2 Å². The quantitative estimate of drug-likeness (QED) is 0.923. The van der Waals surface area contributed by atoms with Crippen molar-refractivity contribution in [3.63, 3.8) is 0 Å². The Morgan fingerprint density at radius 1 is 1.29 bits per heavy atom. The molecule has 21 heavy (non-hydrogen) atoms. The summed E-state index contributed by atoms with van der Waals surface area (Å²) in [5, 5.41) is 3.17. The number of carbonyl (C=O) groups excluding carboxylic acids is 1. The minimum Gasteiger partial charge on any atom is -0.354 e. The number of hydrogen-bond acceptors (Lipinski definition) is 2. The molecule has 0 spiro atoms. The summed E-state index contributed by atoms with van der Waals surface area (Å²) in [6.45, 7) is 5.11. The maximum Gasteiger partial charge on any atom is 0.223 e. The van der Waals surface area contributed by atoms with Crippen molar-refractivity contribution in [3.05, 3.63) is 35.4 Å². The molecule has 114 valence electrons. The maximum absolute atomic E-state index is 12.1. The Morgan fingerprint density at radius 3 is 2.76 bits per heavy atom. The number of nitrogens with zero attached hydrogens (tertiary/aromatic N) is 1. The number of carbonyl (C=O) groups is 1. The lowest BCUT2D eigenvalue weighted by Crippen LogP contribution is -2.45. The molecule has 1 aromatic carbocycles. The predicted molar refractivity (Wildman–Crippen MR) is 85.0 cm³/mol. The molecular weight excluding hydrogens is 260 g/mol. The van der Waals surface area contributed by atoms with E-state index in [2.05, 4.69) is 41.4 Å². The zero-order valence-corrected chi connectivity index (χ0v) is 13.0.